The first-order valence-corrected chi connectivity index (χ1v) is 4.79. The molecule has 0 amide bonds. The lowest BCUT2D eigenvalue weighted by atomic mass is 9.94. The average molecular weight is 203 g/mol. The van der Waals surface area contributed by atoms with E-state index in [4.69, 9.17) is 9.84 Å². The van der Waals surface area contributed by atoms with Crippen LogP contribution in [0.3, 0.4) is 0 Å². The van der Waals surface area contributed by atoms with Crippen LogP contribution in [0.5, 0.6) is 0 Å². The Labute approximate surface area is 85.6 Å². The van der Waals surface area contributed by atoms with E-state index in [0.717, 1.165) is 6.42 Å². The lowest BCUT2D eigenvalue weighted by Crippen LogP contribution is -2.60. The van der Waals surface area contributed by atoms with Crippen LogP contribution in [0.4, 0.5) is 0 Å². The smallest absolute Gasteiger partial charge is 0.326 e. The third kappa shape index (κ3) is 3.64. The molecule has 4 heteroatoms. The minimum atomic E-state index is -1.02. The Morgan fingerprint density at radius 1 is 1.43 bits per heavy atom. The zero-order valence-electron chi connectivity index (χ0n) is 9.68. The molecule has 0 spiro atoms. The molecule has 0 aliphatic carbocycles. The molecule has 4 nitrogen and oxygen atoms in total. The second-order valence-electron chi connectivity index (χ2n) is 4.43. The van der Waals surface area contributed by atoms with E-state index >= 15 is 0 Å². The van der Waals surface area contributed by atoms with Gasteiger partial charge in [-0.2, -0.15) is 0 Å². The number of carbonyl (C=O) groups is 1. The Balaban J connectivity index is 4.60. The number of rotatable bonds is 6. The van der Waals surface area contributed by atoms with Gasteiger partial charge in [-0.15, -0.1) is 0 Å². The lowest BCUT2D eigenvalue weighted by Gasteiger charge is -2.35. The van der Waals surface area contributed by atoms with Crippen LogP contribution in [0, 0.1) is 0 Å². The van der Waals surface area contributed by atoms with Crippen LogP contribution in [-0.4, -0.2) is 35.9 Å². The highest BCUT2D eigenvalue weighted by molar-refractivity contribution is 5.78. The van der Waals surface area contributed by atoms with E-state index in [9.17, 15) is 4.79 Å². The molecule has 84 valence electrons. The number of aliphatic carboxylic acids is 1. The van der Waals surface area contributed by atoms with Gasteiger partial charge in [0.05, 0.1) is 6.61 Å². The molecule has 0 aromatic rings. The molecule has 0 aliphatic rings. The highest BCUT2D eigenvalue weighted by atomic mass is 16.5. The number of hydrogen-bond donors (Lipinski definition) is 2. The maximum Gasteiger partial charge on any atom is 0.326 e. The molecule has 14 heavy (non-hydrogen) atoms. The van der Waals surface area contributed by atoms with Gasteiger partial charge >= 0.3 is 5.97 Å². The average Bonchev–Trinajstić information content (AvgIpc) is 2.03. The molecule has 1 unspecified atom stereocenters. The van der Waals surface area contributed by atoms with E-state index in [2.05, 4.69) is 5.32 Å². The summed E-state index contributed by atoms with van der Waals surface area (Å²) in [4.78, 5) is 11.1. The van der Waals surface area contributed by atoms with Crippen LogP contribution in [0.25, 0.3) is 0 Å². The normalized spacial score (nSPS) is 16.4. The van der Waals surface area contributed by atoms with Crippen LogP contribution in [-0.2, 0) is 9.53 Å². The van der Waals surface area contributed by atoms with Gasteiger partial charge in [-0.25, -0.2) is 0 Å². The van der Waals surface area contributed by atoms with Gasteiger partial charge in [-0.3, -0.25) is 10.1 Å². The summed E-state index contributed by atoms with van der Waals surface area (Å²) in [7, 11) is 1.50. The Hall–Kier alpha value is -0.610. The maximum atomic E-state index is 11.1. The van der Waals surface area contributed by atoms with Crippen molar-refractivity contribution in [2.75, 3.05) is 13.7 Å². The van der Waals surface area contributed by atoms with E-state index in [0.29, 0.717) is 0 Å². The fraction of sp³-hybridized carbons (Fsp3) is 0.900. The summed E-state index contributed by atoms with van der Waals surface area (Å²) in [6.07, 6.45) is 0.861. The van der Waals surface area contributed by atoms with E-state index in [1.165, 1.54) is 7.11 Å². The van der Waals surface area contributed by atoms with Crippen molar-refractivity contribution in [1.29, 1.82) is 0 Å². The molecule has 0 fully saturated rings. The van der Waals surface area contributed by atoms with E-state index < -0.39 is 11.5 Å². The van der Waals surface area contributed by atoms with Crippen molar-refractivity contribution < 1.29 is 14.6 Å². The molecule has 0 bridgehead atoms. The summed E-state index contributed by atoms with van der Waals surface area (Å²) in [6.45, 7) is 7.76. The maximum absolute atomic E-state index is 11.1. The topological polar surface area (TPSA) is 58.6 Å². The Morgan fingerprint density at radius 2 is 1.93 bits per heavy atom. The zero-order valence-corrected chi connectivity index (χ0v) is 9.68. The molecule has 0 rings (SSSR count). The summed E-state index contributed by atoms with van der Waals surface area (Å²) in [5.74, 6) is -0.888. The van der Waals surface area contributed by atoms with Crippen LogP contribution in [0.2, 0.25) is 0 Å². The van der Waals surface area contributed by atoms with Crippen LogP contribution in [0.1, 0.15) is 34.1 Å². The summed E-state index contributed by atoms with van der Waals surface area (Å²) < 4.78 is 4.92. The van der Waals surface area contributed by atoms with Crippen molar-refractivity contribution in [3.63, 3.8) is 0 Å². The predicted octanol–water partition coefficient (Wildman–Crippen LogP) is 1.25. The minimum absolute atomic E-state index is 0.158. The van der Waals surface area contributed by atoms with Crippen molar-refractivity contribution in [3.8, 4) is 0 Å². The Bertz CT molecular complexity index is 204. The summed E-state index contributed by atoms with van der Waals surface area (Å²) in [6, 6.07) is 0. The lowest BCUT2D eigenvalue weighted by molar-refractivity contribution is -0.147. The highest BCUT2D eigenvalue weighted by Crippen LogP contribution is 2.15. The monoisotopic (exact) mass is 203 g/mol. The van der Waals surface area contributed by atoms with Crippen LogP contribution < -0.4 is 5.32 Å². The van der Waals surface area contributed by atoms with E-state index in [-0.39, 0.29) is 12.1 Å². The molecule has 0 saturated heterocycles. The summed E-state index contributed by atoms with van der Waals surface area (Å²) >= 11 is 0. The largest absolute Gasteiger partial charge is 0.480 e. The second-order valence-corrected chi connectivity index (χ2v) is 4.43. The fourth-order valence-corrected chi connectivity index (χ4v) is 1.28. The van der Waals surface area contributed by atoms with Gasteiger partial charge in [-0.05, 0) is 27.2 Å². The molecule has 2 N–H and O–H groups in total. The summed E-state index contributed by atoms with van der Waals surface area (Å²) in [5.41, 5.74) is -1.22. The van der Waals surface area contributed by atoms with Gasteiger partial charge in [0, 0.05) is 12.6 Å². The molecule has 0 aromatic carbocycles. The molecule has 1 atom stereocenters. The molecular weight excluding hydrogens is 182 g/mol. The predicted molar refractivity (Wildman–Crippen MR) is 55.4 cm³/mol. The standard InChI is InChI=1S/C10H21NO3/c1-6-9(2,3)11-10(4,7-14-5)8(12)13/h11H,6-7H2,1-5H3,(H,12,13). The van der Waals surface area contributed by atoms with Crippen molar-refractivity contribution in [2.45, 2.75) is 45.2 Å². The van der Waals surface area contributed by atoms with Crippen LogP contribution >= 0.6 is 0 Å². The highest BCUT2D eigenvalue weighted by Gasteiger charge is 2.37. The Kier molecular flexibility index (Phi) is 4.55. The summed E-state index contributed by atoms with van der Waals surface area (Å²) in [5, 5.41) is 12.2. The molecule has 0 saturated carbocycles. The van der Waals surface area contributed by atoms with Gasteiger partial charge in [-0.1, -0.05) is 6.92 Å². The van der Waals surface area contributed by atoms with E-state index in [1.54, 1.807) is 6.92 Å². The molecule has 0 radical (unpaired) electrons. The second kappa shape index (κ2) is 4.75. The number of carboxylic acids is 1. The van der Waals surface area contributed by atoms with Gasteiger partial charge < -0.3 is 9.84 Å². The Morgan fingerprint density at radius 3 is 2.21 bits per heavy atom. The van der Waals surface area contributed by atoms with Crippen molar-refractivity contribution in [1.82, 2.24) is 5.32 Å². The number of hydrogen-bond acceptors (Lipinski definition) is 3. The van der Waals surface area contributed by atoms with Crippen molar-refractivity contribution in [3.05, 3.63) is 0 Å². The minimum Gasteiger partial charge on any atom is -0.480 e. The first-order chi connectivity index (χ1) is 6.27. The van der Waals surface area contributed by atoms with Crippen molar-refractivity contribution >= 4 is 5.97 Å². The van der Waals surface area contributed by atoms with Gasteiger partial charge in [0.1, 0.15) is 5.54 Å². The number of carboxylic acid groups (broad SMARTS) is 1. The first-order valence-electron chi connectivity index (χ1n) is 4.79. The van der Waals surface area contributed by atoms with E-state index in [1.807, 2.05) is 20.8 Å². The number of methoxy groups -OCH3 is 1. The van der Waals surface area contributed by atoms with Crippen molar-refractivity contribution in [2.24, 2.45) is 0 Å². The van der Waals surface area contributed by atoms with Gasteiger partial charge in [0.2, 0.25) is 0 Å². The molecular formula is C10H21NO3. The molecule has 0 aliphatic heterocycles. The molecule has 0 heterocycles. The quantitative estimate of drug-likeness (QED) is 0.682. The third-order valence-corrected chi connectivity index (χ3v) is 2.40. The molecule has 0 aromatic heterocycles. The number of nitrogens with one attached hydrogen (secondary N) is 1. The zero-order chi connectivity index (χ0) is 11.4. The van der Waals surface area contributed by atoms with Gasteiger partial charge in [0.25, 0.3) is 0 Å². The SMILES string of the molecule is CCC(C)(C)NC(C)(COC)C(=O)O. The van der Waals surface area contributed by atoms with Gasteiger partial charge in [0.15, 0.2) is 0 Å². The first kappa shape index (κ1) is 13.4. The van der Waals surface area contributed by atoms with Crippen LogP contribution in [0.15, 0.2) is 0 Å². The fourth-order valence-electron chi connectivity index (χ4n) is 1.28. The number of ether oxygens (including phenoxy) is 1. The third-order valence-electron chi connectivity index (χ3n) is 2.40.